The number of fused-ring (bicyclic) bond motifs is 1. The Hall–Kier alpha value is -1.70. The fourth-order valence-electron chi connectivity index (χ4n) is 2.31. The number of rotatable bonds is 3. The van der Waals surface area contributed by atoms with Gasteiger partial charge in [0.25, 0.3) is 0 Å². The Labute approximate surface area is 139 Å². The number of benzene rings is 1. The highest BCUT2D eigenvalue weighted by molar-refractivity contribution is 6.34. The van der Waals surface area contributed by atoms with Gasteiger partial charge in [-0.15, -0.1) is 0 Å². The Morgan fingerprint density at radius 3 is 2.70 bits per heavy atom. The van der Waals surface area contributed by atoms with Crippen LogP contribution in [0.5, 0.6) is 11.5 Å². The molecule has 2 N–H and O–H groups in total. The molecule has 2 heterocycles. The predicted octanol–water partition coefficient (Wildman–Crippen LogP) is 2.04. The van der Waals surface area contributed by atoms with E-state index < -0.39 is 0 Å². The predicted molar refractivity (Wildman–Crippen MR) is 84.6 cm³/mol. The minimum Gasteiger partial charge on any atom is -0.490 e. The lowest BCUT2D eigenvalue weighted by molar-refractivity contribution is -0.0852. The van der Waals surface area contributed by atoms with Crippen molar-refractivity contribution >= 4 is 23.3 Å². The molecule has 2 aliphatic rings. The van der Waals surface area contributed by atoms with Crippen molar-refractivity contribution in [2.45, 2.75) is 12.5 Å². The van der Waals surface area contributed by atoms with Crippen LogP contribution in [0.4, 0.5) is 10.5 Å². The Bertz CT molecular complexity index is 563. The van der Waals surface area contributed by atoms with E-state index >= 15 is 0 Å². The van der Waals surface area contributed by atoms with Crippen LogP contribution in [0.15, 0.2) is 12.1 Å². The molecule has 23 heavy (non-hydrogen) atoms. The quantitative estimate of drug-likeness (QED) is 0.879. The van der Waals surface area contributed by atoms with Crippen LogP contribution in [0, 0.1) is 0 Å². The molecule has 3 rings (SSSR count). The summed E-state index contributed by atoms with van der Waals surface area (Å²) in [7, 11) is 0. The van der Waals surface area contributed by atoms with Gasteiger partial charge in [0.05, 0.1) is 49.8 Å². The molecule has 0 spiro atoms. The Morgan fingerprint density at radius 2 is 1.96 bits per heavy atom. The Balaban J connectivity index is 1.58. The minimum atomic E-state index is -0.365. The molecule has 126 valence electrons. The topological polar surface area (TPSA) is 78.1 Å². The van der Waals surface area contributed by atoms with Gasteiger partial charge >= 0.3 is 6.03 Å². The number of anilines is 1. The molecule has 2 amide bonds. The lowest BCUT2D eigenvalue weighted by Crippen LogP contribution is -2.41. The van der Waals surface area contributed by atoms with Crippen molar-refractivity contribution < 1.29 is 23.7 Å². The van der Waals surface area contributed by atoms with Gasteiger partial charge in [-0.2, -0.15) is 0 Å². The molecule has 0 bridgehead atoms. The number of nitrogens with one attached hydrogen (secondary N) is 2. The van der Waals surface area contributed by atoms with Crippen LogP contribution < -0.4 is 20.1 Å². The summed E-state index contributed by atoms with van der Waals surface area (Å²) in [6.07, 6.45) is 0.674. The first-order valence-electron chi connectivity index (χ1n) is 7.56. The molecule has 1 aromatic rings. The standard InChI is InChI=1S/C15H19ClN2O5/c16-11-6-13-14(23-3-1-2-22-13)7-12(11)18-15(19)17-8-10-9-20-4-5-21-10/h6-7,10H,1-5,8-9H2,(H2,17,18,19)/t10-/m1/s1. The van der Waals surface area contributed by atoms with Gasteiger partial charge in [-0.1, -0.05) is 11.6 Å². The summed E-state index contributed by atoms with van der Waals surface area (Å²) in [4.78, 5) is 12.0. The maximum atomic E-state index is 12.0. The third-order valence-electron chi connectivity index (χ3n) is 3.46. The number of halogens is 1. The van der Waals surface area contributed by atoms with Gasteiger partial charge in [-0.05, 0) is 0 Å². The van der Waals surface area contributed by atoms with Gasteiger partial charge in [-0.3, -0.25) is 0 Å². The van der Waals surface area contributed by atoms with Crippen LogP contribution in [0.1, 0.15) is 6.42 Å². The van der Waals surface area contributed by atoms with Crippen molar-refractivity contribution in [1.82, 2.24) is 5.32 Å². The van der Waals surface area contributed by atoms with Crippen LogP contribution in [-0.4, -0.2) is 51.7 Å². The maximum Gasteiger partial charge on any atom is 0.319 e. The summed E-state index contributed by atoms with van der Waals surface area (Å²) in [5.41, 5.74) is 0.467. The number of hydrogen-bond donors (Lipinski definition) is 2. The summed E-state index contributed by atoms with van der Waals surface area (Å²) in [5.74, 6) is 1.16. The average Bonchev–Trinajstić information content (AvgIpc) is 2.79. The molecule has 2 aliphatic heterocycles. The normalized spacial score (nSPS) is 20.5. The van der Waals surface area contributed by atoms with E-state index in [9.17, 15) is 4.79 Å². The molecule has 7 nitrogen and oxygen atoms in total. The highest BCUT2D eigenvalue weighted by Gasteiger charge is 2.17. The molecule has 8 heteroatoms. The van der Waals surface area contributed by atoms with Crippen LogP contribution in [-0.2, 0) is 9.47 Å². The molecule has 0 aromatic heterocycles. The largest absolute Gasteiger partial charge is 0.490 e. The average molecular weight is 343 g/mol. The summed E-state index contributed by atoms with van der Waals surface area (Å²) in [6.45, 7) is 3.13. The third-order valence-corrected chi connectivity index (χ3v) is 3.77. The Kier molecular flexibility index (Phi) is 5.43. The smallest absolute Gasteiger partial charge is 0.319 e. The number of ether oxygens (including phenoxy) is 4. The van der Waals surface area contributed by atoms with E-state index in [-0.39, 0.29) is 12.1 Å². The summed E-state index contributed by atoms with van der Waals surface area (Å²) < 4.78 is 21.9. The zero-order valence-electron chi connectivity index (χ0n) is 12.6. The van der Waals surface area contributed by atoms with Crippen molar-refractivity contribution in [3.8, 4) is 11.5 Å². The first kappa shape index (κ1) is 16.2. The van der Waals surface area contributed by atoms with Crippen molar-refractivity contribution in [2.24, 2.45) is 0 Å². The Morgan fingerprint density at radius 1 is 1.17 bits per heavy atom. The van der Waals surface area contributed by atoms with Crippen LogP contribution >= 0.6 is 11.6 Å². The van der Waals surface area contributed by atoms with Crippen LogP contribution in [0.2, 0.25) is 5.02 Å². The van der Waals surface area contributed by atoms with Crippen molar-refractivity contribution in [2.75, 3.05) is 44.9 Å². The zero-order valence-corrected chi connectivity index (χ0v) is 13.4. The van der Waals surface area contributed by atoms with Gasteiger partial charge in [0.2, 0.25) is 0 Å². The van der Waals surface area contributed by atoms with Gasteiger partial charge in [0.15, 0.2) is 11.5 Å². The molecular formula is C15H19ClN2O5. The lowest BCUT2D eigenvalue weighted by atomic mass is 10.2. The number of carbonyl (C=O) groups is 1. The molecule has 0 unspecified atom stereocenters. The second kappa shape index (κ2) is 7.72. The minimum absolute atomic E-state index is 0.131. The van der Waals surface area contributed by atoms with E-state index in [2.05, 4.69) is 10.6 Å². The van der Waals surface area contributed by atoms with E-state index in [1.165, 1.54) is 0 Å². The lowest BCUT2D eigenvalue weighted by Gasteiger charge is -2.23. The van der Waals surface area contributed by atoms with Crippen molar-refractivity contribution in [3.63, 3.8) is 0 Å². The van der Waals surface area contributed by atoms with Crippen molar-refractivity contribution in [1.29, 1.82) is 0 Å². The van der Waals surface area contributed by atoms with E-state index in [1.54, 1.807) is 12.1 Å². The second-order valence-electron chi connectivity index (χ2n) is 5.23. The highest BCUT2D eigenvalue weighted by Crippen LogP contribution is 2.37. The summed E-state index contributed by atoms with van der Waals surface area (Å²) in [6, 6.07) is 2.95. The molecule has 0 saturated carbocycles. The van der Waals surface area contributed by atoms with Gasteiger partial charge in [-0.25, -0.2) is 4.79 Å². The van der Waals surface area contributed by atoms with E-state index in [1.807, 2.05) is 0 Å². The van der Waals surface area contributed by atoms with E-state index in [4.69, 9.17) is 30.5 Å². The van der Waals surface area contributed by atoms with Crippen LogP contribution in [0.25, 0.3) is 0 Å². The molecule has 0 radical (unpaired) electrons. The van der Waals surface area contributed by atoms with E-state index in [0.29, 0.717) is 61.8 Å². The molecular weight excluding hydrogens is 324 g/mol. The number of carbonyl (C=O) groups excluding carboxylic acids is 1. The van der Waals surface area contributed by atoms with Crippen LogP contribution in [0.3, 0.4) is 0 Å². The molecule has 1 atom stereocenters. The number of urea groups is 1. The third kappa shape index (κ3) is 4.40. The van der Waals surface area contributed by atoms with Crippen molar-refractivity contribution in [3.05, 3.63) is 17.2 Å². The van der Waals surface area contributed by atoms with Gasteiger partial charge < -0.3 is 29.6 Å². The first-order chi connectivity index (χ1) is 11.2. The maximum absolute atomic E-state index is 12.0. The number of amides is 2. The highest BCUT2D eigenvalue weighted by atomic mass is 35.5. The van der Waals surface area contributed by atoms with Gasteiger partial charge in [0, 0.05) is 25.1 Å². The van der Waals surface area contributed by atoms with Gasteiger partial charge in [0.1, 0.15) is 0 Å². The summed E-state index contributed by atoms with van der Waals surface area (Å²) >= 11 is 6.18. The summed E-state index contributed by atoms with van der Waals surface area (Å²) in [5, 5.41) is 5.83. The van der Waals surface area contributed by atoms with E-state index in [0.717, 1.165) is 6.42 Å². The zero-order chi connectivity index (χ0) is 16.1. The second-order valence-corrected chi connectivity index (χ2v) is 5.64. The number of hydrogen-bond acceptors (Lipinski definition) is 5. The monoisotopic (exact) mass is 342 g/mol. The fraction of sp³-hybridized carbons (Fsp3) is 0.533. The fourth-order valence-corrected chi connectivity index (χ4v) is 2.51. The SMILES string of the molecule is O=C(NC[C@@H]1COCCO1)Nc1cc2c(cc1Cl)OCCCO2. The first-order valence-corrected chi connectivity index (χ1v) is 7.93. The molecule has 1 aromatic carbocycles. The molecule has 0 aliphatic carbocycles. The molecule has 1 saturated heterocycles. The molecule has 1 fully saturated rings.